The summed E-state index contributed by atoms with van der Waals surface area (Å²) in [6.07, 6.45) is 0. The number of hydrogen-bond donors (Lipinski definition) is 1. The van der Waals surface area contributed by atoms with E-state index in [4.69, 9.17) is 4.74 Å². The van der Waals surface area contributed by atoms with E-state index in [1.807, 2.05) is 73.6 Å². The standard InChI is InChI=1S/C18H21BrN2O2/c1-21(2)12-17(14-6-4-3-5-7-14)20-18(22)13-23-16-10-8-15(19)9-11-16/h3-11,17H,12-13H2,1-2H3,(H,20,22)/t17-/m0/s1. The van der Waals surface area contributed by atoms with Crippen LogP contribution in [0.15, 0.2) is 59.1 Å². The van der Waals surface area contributed by atoms with Crippen molar-refractivity contribution >= 4 is 21.8 Å². The minimum atomic E-state index is -0.136. The molecule has 0 aliphatic rings. The SMILES string of the molecule is CN(C)C[C@H](NC(=O)COc1ccc(Br)cc1)c1ccccc1. The Morgan fingerprint density at radius 2 is 1.78 bits per heavy atom. The van der Waals surface area contributed by atoms with Crippen LogP contribution in [0.4, 0.5) is 0 Å². The Morgan fingerprint density at radius 1 is 1.13 bits per heavy atom. The largest absolute Gasteiger partial charge is 0.484 e. The van der Waals surface area contributed by atoms with Gasteiger partial charge in [-0.2, -0.15) is 0 Å². The number of carbonyl (C=O) groups excluding carboxylic acids is 1. The predicted molar refractivity (Wildman–Crippen MR) is 95.5 cm³/mol. The molecule has 23 heavy (non-hydrogen) atoms. The lowest BCUT2D eigenvalue weighted by atomic mass is 10.1. The fourth-order valence-corrected chi connectivity index (χ4v) is 2.46. The van der Waals surface area contributed by atoms with Gasteiger partial charge in [-0.05, 0) is 43.9 Å². The molecule has 2 rings (SSSR count). The predicted octanol–water partition coefficient (Wildman–Crippen LogP) is 3.25. The number of amides is 1. The summed E-state index contributed by atoms with van der Waals surface area (Å²) in [5, 5.41) is 3.03. The minimum Gasteiger partial charge on any atom is -0.484 e. The van der Waals surface area contributed by atoms with Crippen LogP contribution in [0.2, 0.25) is 0 Å². The van der Waals surface area contributed by atoms with Crippen LogP contribution in [-0.4, -0.2) is 38.1 Å². The van der Waals surface area contributed by atoms with Crippen molar-refractivity contribution in [2.75, 3.05) is 27.2 Å². The monoisotopic (exact) mass is 376 g/mol. The first-order chi connectivity index (χ1) is 11.0. The molecule has 0 radical (unpaired) electrons. The van der Waals surface area contributed by atoms with Crippen LogP contribution in [-0.2, 0) is 4.79 Å². The summed E-state index contributed by atoms with van der Waals surface area (Å²) in [6.45, 7) is 0.729. The van der Waals surface area contributed by atoms with Crippen molar-refractivity contribution in [1.82, 2.24) is 10.2 Å². The summed E-state index contributed by atoms with van der Waals surface area (Å²) in [5.41, 5.74) is 1.08. The van der Waals surface area contributed by atoms with Gasteiger partial charge < -0.3 is 15.0 Å². The highest BCUT2D eigenvalue weighted by Gasteiger charge is 2.15. The van der Waals surface area contributed by atoms with Crippen molar-refractivity contribution in [3.8, 4) is 5.75 Å². The Labute approximate surface area is 145 Å². The third kappa shape index (κ3) is 6.04. The van der Waals surface area contributed by atoms with Crippen molar-refractivity contribution in [3.63, 3.8) is 0 Å². The zero-order valence-electron chi connectivity index (χ0n) is 13.3. The molecule has 0 unspecified atom stereocenters. The van der Waals surface area contributed by atoms with Gasteiger partial charge in [0, 0.05) is 11.0 Å². The second-order valence-corrected chi connectivity index (χ2v) is 6.45. The molecule has 0 bridgehead atoms. The van der Waals surface area contributed by atoms with Crippen LogP contribution >= 0.6 is 15.9 Å². The van der Waals surface area contributed by atoms with Crippen LogP contribution in [0.1, 0.15) is 11.6 Å². The molecule has 5 heteroatoms. The van der Waals surface area contributed by atoms with Gasteiger partial charge in [-0.25, -0.2) is 0 Å². The summed E-state index contributed by atoms with van der Waals surface area (Å²) in [6, 6.07) is 17.3. The fraction of sp³-hybridized carbons (Fsp3) is 0.278. The first-order valence-electron chi connectivity index (χ1n) is 7.42. The Morgan fingerprint density at radius 3 is 2.39 bits per heavy atom. The van der Waals surface area contributed by atoms with Crippen LogP contribution in [0.5, 0.6) is 5.75 Å². The first-order valence-corrected chi connectivity index (χ1v) is 8.21. The average molecular weight is 377 g/mol. The van der Waals surface area contributed by atoms with E-state index in [0.717, 1.165) is 16.6 Å². The first kappa shape index (κ1) is 17.5. The topological polar surface area (TPSA) is 41.6 Å². The Kier molecular flexibility index (Phi) is 6.62. The highest BCUT2D eigenvalue weighted by atomic mass is 79.9. The lowest BCUT2D eigenvalue weighted by molar-refractivity contribution is -0.124. The summed E-state index contributed by atoms with van der Waals surface area (Å²) < 4.78 is 6.49. The maximum absolute atomic E-state index is 12.2. The molecule has 4 nitrogen and oxygen atoms in total. The lowest BCUT2D eigenvalue weighted by Crippen LogP contribution is -2.37. The molecule has 0 spiro atoms. The van der Waals surface area contributed by atoms with Crippen LogP contribution < -0.4 is 10.1 Å². The molecule has 1 N–H and O–H groups in total. The molecule has 0 saturated heterocycles. The van der Waals surface area contributed by atoms with Crippen molar-refractivity contribution in [2.24, 2.45) is 0 Å². The van der Waals surface area contributed by atoms with Crippen LogP contribution in [0.25, 0.3) is 0 Å². The van der Waals surface area contributed by atoms with E-state index in [-0.39, 0.29) is 18.6 Å². The number of likely N-dealkylation sites (N-methyl/N-ethyl adjacent to an activating group) is 1. The van der Waals surface area contributed by atoms with Gasteiger partial charge in [-0.15, -0.1) is 0 Å². The van der Waals surface area contributed by atoms with E-state index in [1.165, 1.54) is 0 Å². The fourth-order valence-electron chi connectivity index (χ4n) is 2.20. The molecule has 0 aliphatic heterocycles. The van der Waals surface area contributed by atoms with Gasteiger partial charge in [0.1, 0.15) is 5.75 Å². The van der Waals surface area contributed by atoms with Gasteiger partial charge in [0.05, 0.1) is 6.04 Å². The van der Waals surface area contributed by atoms with E-state index < -0.39 is 0 Å². The van der Waals surface area contributed by atoms with E-state index in [2.05, 4.69) is 21.2 Å². The summed E-state index contributed by atoms with van der Waals surface area (Å²) in [5.74, 6) is 0.538. The second-order valence-electron chi connectivity index (χ2n) is 5.54. The molecular formula is C18H21BrN2O2. The van der Waals surface area contributed by atoms with Crippen LogP contribution in [0.3, 0.4) is 0 Å². The maximum Gasteiger partial charge on any atom is 0.258 e. The molecule has 1 amide bonds. The van der Waals surface area contributed by atoms with Gasteiger partial charge in [0.15, 0.2) is 6.61 Å². The molecule has 122 valence electrons. The van der Waals surface area contributed by atoms with Gasteiger partial charge in [-0.1, -0.05) is 46.3 Å². The summed E-state index contributed by atoms with van der Waals surface area (Å²) >= 11 is 3.37. The molecule has 1 atom stereocenters. The number of nitrogens with zero attached hydrogens (tertiary/aromatic N) is 1. The third-order valence-corrected chi connectivity index (χ3v) is 3.80. The zero-order chi connectivity index (χ0) is 16.7. The van der Waals surface area contributed by atoms with Gasteiger partial charge in [0.2, 0.25) is 0 Å². The highest BCUT2D eigenvalue weighted by molar-refractivity contribution is 9.10. The minimum absolute atomic E-state index is 0.00159. The quantitative estimate of drug-likeness (QED) is 0.806. The molecule has 2 aromatic rings. The Bertz CT molecular complexity index is 615. The summed E-state index contributed by atoms with van der Waals surface area (Å²) in [7, 11) is 3.97. The third-order valence-electron chi connectivity index (χ3n) is 3.27. The van der Waals surface area contributed by atoms with Crippen molar-refractivity contribution in [2.45, 2.75) is 6.04 Å². The number of halogens is 1. The number of ether oxygens (including phenoxy) is 1. The molecule has 2 aromatic carbocycles. The normalized spacial score (nSPS) is 12.0. The van der Waals surface area contributed by atoms with Crippen molar-refractivity contribution in [3.05, 3.63) is 64.6 Å². The summed E-state index contributed by atoms with van der Waals surface area (Å²) in [4.78, 5) is 14.2. The maximum atomic E-state index is 12.2. The number of rotatable bonds is 7. The average Bonchev–Trinajstić information content (AvgIpc) is 2.54. The Hall–Kier alpha value is -1.85. The number of hydrogen-bond acceptors (Lipinski definition) is 3. The molecule has 0 fully saturated rings. The lowest BCUT2D eigenvalue weighted by Gasteiger charge is -2.23. The molecular weight excluding hydrogens is 356 g/mol. The van der Waals surface area contributed by atoms with E-state index in [9.17, 15) is 4.79 Å². The molecule has 0 heterocycles. The number of nitrogens with one attached hydrogen (secondary N) is 1. The molecule has 0 aromatic heterocycles. The highest BCUT2D eigenvalue weighted by Crippen LogP contribution is 2.16. The van der Waals surface area contributed by atoms with E-state index in [0.29, 0.717) is 5.75 Å². The Balaban J connectivity index is 1.93. The smallest absolute Gasteiger partial charge is 0.258 e. The van der Waals surface area contributed by atoms with Gasteiger partial charge in [-0.3, -0.25) is 4.79 Å². The number of carbonyl (C=O) groups is 1. The van der Waals surface area contributed by atoms with Gasteiger partial charge in [0.25, 0.3) is 5.91 Å². The zero-order valence-corrected chi connectivity index (χ0v) is 14.9. The molecule has 0 saturated carbocycles. The van der Waals surface area contributed by atoms with Gasteiger partial charge >= 0.3 is 0 Å². The van der Waals surface area contributed by atoms with E-state index in [1.54, 1.807) is 0 Å². The van der Waals surface area contributed by atoms with Crippen molar-refractivity contribution in [1.29, 1.82) is 0 Å². The van der Waals surface area contributed by atoms with Crippen molar-refractivity contribution < 1.29 is 9.53 Å². The van der Waals surface area contributed by atoms with E-state index >= 15 is 0 Å². The molecule has 0 aliphatic carbocycles. The van der Waals surface area contributed by atoms with Crippen LogP contribution in [0, 0.1) is 0 Å². The number of benzene rings is 2. The second kappa shape index (κ2) is 8.70.